The molecule has 0 saturated carbocycles. The summed E-state index contributed by atoms with van der Waals surface area (Å²) in [6, 6.07) is 20.8. The number of rotatable bonds is 4. The number of ether oxygens (including phenoxy) is 2. The molecule has 3 saturated heterocycles. The Balaban J connectivity index is 0.00000205. The van der Waals surface area contributed by atoms with Gasteiger partial charge in [0.05, 0.1) is 14.1 Å². The van der Waals surface area contributed by atoms with Gasteiger partial charge in [-0.2, -0.15) is 0 Å². The minimum Gasteiger partial charge on any atom is -1.00 e. The standard InChI is InChI=1S/C24H28NO3.BrH/c1-24(16-10-6-4-7-11-16,17-12-8-5-9-13-17)23(26)27-18-14-19-21-22(28-21)20(15-18)25(19,2)3;/h4-13,18-22H,14-15H2,1-3H3;1H/q+1;/p-1/t18?,19?,20?,21-,22-;/m0./s1. The Hall–Kier alpha value is -1.69. The molecule has 2 aromatic rings. The molecule has 3 aliphatic heterocycles. The largest absolute Gasteiger partial charge is 1.00 e. The lowest BCUT2D eigenvalue weighted by atomic mass is 9.76. The highest BCUT2D eigenvalue weighted by atomic mass is 79.9. The summed E-state index contributed by atoms with van der Waals surface area (Å²) >= 11 is 0. The van der Waals surface area contributed by atoms with Crippen molar-refractivity contribution in [3.05, 3.63) is 71.8 Å². The molecule has 154 valence electrons. The molecule has 2 unspecified atom stereocenters. The highest BCUT2D eigenvalue weighted by Gasteiger charge is 2.70. The zero-order valence-electron chi connectivity index (χ0n) is 17.1. The molecule has 3 heterocycles. The molecule has 3 aliphatic rings. The Morgan fingerprint density at radius 1 is 0.931 bits per heavy atom. The monoisotopic (exact) mass is 457 g/mol. The number of fused-ring (bicyclic) bond motifs is 5. The molecule has 3 fully saturated rings. The van der Waals surface area contributed by atoms with Gasteiger partial charge in [0.15, 0.2) is 0 Å². The average Bonchev–Trinajstić information content (AvgIpc) is 3.47. The summed E-state index contributed by atoms with van der Waals surface area (Å²) in [5, 5.41) is 0. The number of epoxide rings is 1. The summed E-state index contributed by atoms with van der Waals surface area (Å²) in [5.74, 6) is -0.156. The van der Waals surface area contributed by atoms with Gasteiger partial charge < -0.3 is 30.9 Å². The lowest BCUT2D eigenvalue weighted by Gasteiger charge is -2.45. The first-order chi connectivity index (χ1) is 13.4. The van der Waals surface area contributed by atoms with E-state index in [0.717, 1.165) is 28.5 Å². The summed E-state index contributed by atoms with van der Waals surface area (Å²) in [6.07, 6.45) is 2.46. The fourth-order valence-corrected chi connectivity index (χ4v) is 5.52. The minimum atomic E-state index is -0.817. The molecule has 0 aromatic heterocycles. The molecule has 0 spiro atoms. The number of hydrogen-bond acceptors (Lipinski definition) is 3. The first kappa shape index (κ1) is 20.6. The van der Waals surface area contributed by atoms with Crippen LogP contribution in [0.25, 0.3) is 0 Å². The first-order valence-electron chi connectivity index (χ1n) is 10.2. The first-order valence-corrected chi connectivity index (χ1v) is 10.2. The SMILES string of the molecule is CC(C(=O)OC1CC2[C@@H]3O[C@H]3C(C1)[N+]2(C)C)(c1ccccc1)c1ccccc1.[Br-]. The Kier molecular flexibility index (Phi) is 5.12. The van der Waals surface area contributed by atoms with Crippen LogP contribution in [0.3, 0.4) is 0 Å². The van der Waals surface area contributed by atoms with E-state index in [0.29, 0.717) is 24.3 Å². The number of likely N-dealkylation sites (N-methyl/N-ethyl adjacent to an activating group) is 1. The predicted octanol–water partition coefficient (Wildman–Crippen LogP) is 0.297. The van der Waals surface area contributed by atoms with Gasteiger partial charge in [0.2, 0.25) is 0 Å². The van der Waals surface area contributed by atoms with E-state index in [1.165, 1.54) is 0 Å². The molecule has 2 aromatic carbocycles. The van der Waals surface area contributed by atoms with Crippen molar-refractivity contribution in [3.8, 4) is 0 Å². The fraction of sp³-hybridized carbons (Fsp3) is 0.458. The van der Waals surface area contributed by atoms with Crippen molar-refractivity contribution in [3.63, 3.8) is 0 Å². The maximum absolute atomic E-state index is 13.6. The highest BCUT2D eigenvalue weighted by molar-refractivity contribution is 5.87. The number of morpholine rings is 1. The van der Waals surface area contributed by atoms with E-state index >= 15 is 0 Å². The smallest absolute Gasteiger partial charge is 0.321 e. The van der Waals surface area contributed by atoms with Gasteiger partial charge in [-0.3, -0.25) is 4.79 Å². The van der Waals surface area contributed by atoms with Gasteiger partial charge in [0.25, 0.3) is 0 Å². The Morgan fingerprint density at radius 3 is 1.83 bits per heavy atom. The van der Waals surface area contributed by atoms with Crippen LogP contribution in [0.4, 0.5) is 0 Å². The van der Waals surface area contributed by atoms with Gasteiger partial charge in [0, 0.05) is 12.8 Å². The lowest BCUT2D eigenvalue weighted by Crippen LogP contribution is -3.00. The molecule has 29 heavy (non-hydrogen) atoms. The number of hydrogen-bond donors (Lipinski definition) is 0. The molecule has 4 nitrogen and oxygen atoms in total. The van der Waals surface area contributed by atoms with E-state index in [4.69, 9.17) is 9.47 Å². The van der Waals surface area contributed by atoms with Crippen LogP contribution in [0, 0.1) is 0 Å². The molecular formula is C24H28BrNO3. The van der Waals surface area contributed by atoms with E-state index < -0.39 is 5.41 Å². The number of quaternary nitrogens is 1. The van der Waals surface area contributed by atoms with E-state index in [1.54, 1.807) is 0 Å². The van der Waals surface area contributed by atoms with Crippen LogP contribution in [-0.4, -0.2) is 54.9 Å². The molecule has 5 heteroatoms. The van der Waals surface area contributed by atoms with Gasteiger partial charge >= 0.3 is 5.97 Å². The second kappa shape index (κ2) is 7.22. The third-order valence-electron chi connectivity index (χ3n) is 7.42. The van der Waals surface area contributed by atoms with Crippen molar-refractivity contribution < 1.29 is 35.7 Å². The fourth-order valence-electron chi connectivity index (χ4n) is 5.52. The minimum absolute atomic E-state index is 0. The average molecular weight is 458 g/mol. The van der Waals surface area contributed by atoms with Crippen LogP contribution < -0.4 is 17.0 Å². The third kappa shape index (κ3) is 3.15. The van der Waals surface area contributed by atoms with Crippen molar-refractivity contribution in [1.29, 1.82) is 0 Å². The van der Waals surface area contributed by atoms with Crippen LogP contribution in [0.1, 0.15) is 30.9 Å². The predicted molar refractivity (Wildman–Crippen MR) is 107 cm³/mol. The maximum atomic E-state index is 13.6. The molecule has 2 bridgehead atoms. The second-order valence-corrected chi connectivity index (χ2v) is 9.18. The zero-order chi connectivity index (χ0) is 19.5. The Morgan fingerprint density at radius 2 is 1.38 bits per heavy atom. The third-order valence-corrected chi connectivity index (χ3v) is 7.42. The van der Waals surface area contributed by atoms with E-state index in [9.17, 15) is 4.79 Å². The van der Waals surface area contributed by atoms with Crippen LogP contribution >= 0.6 is 0 Å². The topological polar surface area (TPSA) is 38.8 Å². The van der Waals surface area contributed by atoms with Gasteiger partial charge in [-0.1, -0.05) is 60.7 Å². The van der Waals surface area contributed by atoms with Crippen molar-refractivity contribution in [2.75, 3.05) is 14.1 Å². The molecule has 0 N–H and O–H groups in total. The van der Waals surface area contributed by atoms with Crippen molar-refractivity contribution >= 4 is 5.97 Å². The summed E-state index contributed by atoms with van der Waals surface area (Å²) in [7, 11) is 4.59. The Labute approximate surface area is 183 Å². The molecule has 4 atom stereocenters. The lowest BCUT2D eigenvalue weighted by molar-refractivity contribution is -0.938. The van der Waals surface area contributed by atoms with Crippen LogP contribution in [-0.2, 0) is 19.7 Å². The zero-order valence-corrected chi connectivity index (χ0v) is 18.7. The quantitative estimate of drug-likeness (QED) is 0.376. The van der Waals surface area contributed by atoms with Gasteiger partial charge in [0.1, 0.15) is 35.8 Å². The van der Waals surface area contributed by atoms with Crippen LogP contribution in [0.5, 0.6) is 0 Å². The Bertz CT molecular complexity index is 826. The number of esters is 1. The molecule has 0 amide bonds. The van der Waals surface area contributed by atoms with Crippen LogP contribution in [0.2, 0.25) is 0 Å². The van der Waals surface area contributed by atoms with Crippen molar-refractivity contribution in [1.82, 2.24) is 0 Å². The summed E-state index contributed by atoms with van der Waals surface area (Å²) < 4.78 is 13.1. The van der Waals surface area contributed by atoms with Gasteiger partial charge in [-0.05, 0) is 18.1 Å². The van der Waals surface area contributed by atoms with E-state index in [1.807, 2.05) is 67.6 Å². The van der Waals surface area contributed by atoms with Crippen molar-refractivity contribution in [2.45, 2.75) is 55.6 Å². The maximum Gasteiger partial charge on any atom is 0.321 e. The molecular weight excluding hydrogens is 430 g/mol. The number of carbonyl (C=O) groups is 1. The number of carbonyl (C=O) groups excluding carboxylic acids is 1. The van der Waals surface area contributed by atoms with Gasteiger partial charge in [-0.25, -0.2) is 0 Å². The summed E-state index contributed by atoms with van der Waals surface area (Å²) in [5.41, 5.74) is 1.11. The highest BCUT2D eigenvalue weighted by Crippen LogP contribution is 2.52. The molecule has 5 rings (SSSR count). The number of piperidine rings is 1. The number of benzene rings is 2. The van der Waals surface area contributed by atoms with E-state index in [2.05, 4.69) is 14.1 Å². The second-order valence-electron chi connectivity index (χ2n) is 9.18. The van der Waals surface area contributed by atoms with Crippen LogP contribution in [0.15, 0.2) is 60.7 Å². The number of nitrogens with zero attached hydrogens (tertiary/aromatic N) is 1. The van der Waals surface area contributed by atoms with E-state index in [-0.39, 0.29) is 29.1 Å². The molecule has 0 aliphatic carbocycles. The van der Waals surface area contributed by atoms with Gasteiger partial charge in [-0.15, -0.1) is 0 Å². The normalized spacial score (nSPS) is 31.3. The van der Waals surface area contributed by atoms with Crippen molar-refractivity contribution in [2.24, 2.45) is 0 Å². The summed E-state index contributed by atoms with van der Waals surface area (Å²) in [6.45, 7) is 1.98. The number of halogens is 1. The molecule has 0 radical (unpaired) electrons. The summed E-state index contributed by atoms with van der Waals surface area (Å²) in [4.78, 5) is 13.6.